The standard InChI is InChI=1S/C19H23NO/c1-3-7-16(8-4-1)11-12-17-13-14-19(20-15-17)21-18-9-5-2-6-10-18/h2,5-6,9-10,13-16H,1,3-4,7-8,11-12H2. The van der Waals surface area contributed by atoms with Gasteiger partial charge in [0.1, 0.15) is 5.75 Å². The Morgan fingerprint density at radius 1 is 0.952 bits per heavy atom. The summed E-state index contributed by atoms with van der Waals surface area (Å²) in [6.07, 6.45) is 11.5. The van der Waals surface area contributed by atoms with Gasteiger partial charge in [-0.1, -0.05) is 56.4 Å². The van der Waals surface area contributed by atoms with E-state index in [0.717, 1.165) is 18.1 Å². The van der Waals surface area contributed by atoms with Crippen LogP contribution in [0.2, 0.25) is 0 Å². The molecule has 1 heterocycles. The Bertz CT molecular complexity index is 529. The summed E-state index contributed by atoms with van der Waals surface area (Å²) >= 11 is 0. The molecule has 0 amide bonds. The van der Waals surface area contributed by atoms with Crippen molar-refractivity contribution in [3.63, 3.8) is 0 Å². The zero-order valence-electron chi connectivity index (χ0n) is 12.5. The molecule has 0 aliphatic heterocycles. The molecular formula is C19H23NO. The fourth-order valence-corrected chi connectivity index (χ4v) is 3.08. The molecule has 1 saturated carbocycles. The molecule has 1 aromatic carbocycles. The fraction of sp³-hybridized carbons (Fsp3) is 0.421. The van der Waals surface area contributed by atoms with Crippen LogP contribution in [0, 0.1) is 5.92 Å². The maximum Gasteiger partial charge on any atom is 0.219 e. The number of hydrogen-bond acceptors (Lipinski definition) is 2. The van der Waals surface area contributed by atoms with Crippen LogP contribution >= 0.6 is 0 Å². The van der Waals surface area contributed by atoms with Crippen molar-refractivity contribution < 1.29 is 4.74 Å². The van der Waals surface area contributed by atoms with Crippen LogP contribution in [0.15, 0.2) is 48.7 Å². The van der Waals surface area contributed by atoms with Crippen molar-refractivity contribution in [1.82, 2.24) is 4.98 Å². The van der Waals surface area contributed by atoms with Crippen LogP contribution in [0.4, 0.5) is 0 Å². The van der Waals surface area contributed by atoms with E-state index >= 15 is 0 Å². The smallest absolute Gasteiger partial charge is 0.219 e. The van der Waals surface area contributed by atoms with Crippen molar-refractivity contribution in [2.75, 3.05) is 0 Å². The molecule has 3 rings (SSSR count). The van der Waals surface area contributed by atoms with Gasteiger partial charge < -0.3 is 4.74 Å². The van der Waals surface area contributed by atoms with Crippen LogP contribution in [-0.2, 0) is 6.42 Å². The van der Waals surface area contributed by atoms with Crippen molar-refractivity contribution in [2.45, 2.75) is 44.9 Å². The number of aryl methyl sites for hydroxylation is 1. The highest BCUT2D eigenvalue weighted by Gasteiger charge is 2.13. The summed E-state index contributed by atoms with van der Waals surface area (Å²) in [5, 5.41) is 0. The predicted molar refractivity (Wildman–Crippen MR) is 85.6 cm³/mol. The molecule has 1 fully saturated rings. The van der Waals surface area contributed by atoms with Gasteiger partial charge in [-0.15, -0.1) is 0 Å². The van der Waals surface area contributed by atoms with E-state index in [4.69, 9.17) is 4.74 Å². The molecule has 1 aromatic heterocycles. The molecular weight excluding hydrogens is 258 g/mol. The molecule has 0 atom stereocenters. The third-order valence-corrected chi connectivity index (χ3v) is 4.33. The minimum atomic E-state index is 0.669. The lowest BCUT2D eigenvalue weighted by Gasteiger charge is -2.21. The molecule has 0 spiro atoms. The van der Waals surface area contributed by atoms with E-state index in [9.17, 15) is 0 Å². The largest absolute Gasteiger partial charge is 0.439 e. The lowest BCUT2D eigenvalue weighted by Crippen LogP contribution is -2.07. The van der Waals surface area contributed by atoms with E-state index in [-0.39, 0.29) is 0 Å². The van der Waals surface area contributed by atoms with Gasteiger partial charge in [-0.25, -0.2) is 4.98 Å². The van der Waals surface area contributed by atoms with Crippen molar-refractivity contribution in [2.24, 2.45) is 5.92 Å². The van der Waals surface area contributed by atoms with Crippen LogP contribution in [0.5, 0.6) is 11.6 Å². The molecule has 0 bridgehead atoms. The zero-order chi connectivity index (χ0) is 14.3. The van der Waals surface area contributed by atoms with E-state index in [0.29, 0.717) is 5.88 Å². The van der Waals surface area contributed by atoms with Crippen LogP contribution in [0.1, 0.15) is 44.1 Å². The molecule has 0 saturated heterocycles. The third kappa shape index (κ3) is 4.32. The molecule has 1 aliphatic rings. The van der Waals surface area contributed by atoms with E-state index in [1.807, 2.05) is 42.6 Å². The maximum absolute atomic E-state index is 5.72. The first-order valence-electron chi connectivity index (χ1n) is 8.08. The highest BCUT2D eigenvalue weighted by molar-refractivity contribution is 5.27. The minimum absolute atomic E-state index is 0.669. The molecule has 2 nitrogen and oxygen atoms in total. The van der Waals surface area contributed by atoms with Crippen molar-refractivity contribution in [3.05, 3.63) is 54.2 Å². The lowest BCUT2D eigenvalue weighted by molar-refractivity contribution is 0.339. The van der Waals surface area contributed by atoms with Crippen molar-refractivity contribution >= 4 is 0 Å². The monoisotopic (exact) mass is 281 g/mol. The van der Waals surface area contributed by atoms with E-state index in [2.05, 4.69) is 11.1 Å². The third-order valence-electron chi connectivity index (χ3n) is 4.33. The number of hydrogen-bond donors (Lipinski definition) is 0. The van der Waals surface area contributed by atoms with Crippen molar-refractivity contribution in [1.29, 1.82) is 0 Å². The Hall–Kier alpha value is -1.83. The number of para-hydroxylation sites is 1. The summed E-state index contributed by atoms with van der Waals surface area (Å²) in [4.78, 5) is 4.42. The normalized spacial score (nSPS) is 15.8. The van der Waals surface area contributed by atoms with E-state index in [1.54, 1.807) is 0 Å². The van der Waals surface area contributed by atoms with Crippen LogP contribution in [0.3, 0.4) is 0 Å². The molecule has 110 valence electrons. The number of pyridine rings is 1. The van der Waals surface area contributed by atoms with E-state index < -0.39 is 0 Å². The fourth-order valence-electron chi connectivity index (χ4n) is 3.08. The van der Waals surface area contributed by atoms with Gasteiger partial charge >= 0.3 is 0 Å². The van der Waals surface area contributed by atoms with Crippen molar-refractivity contribution in [3.8, 4) is 11.6 Å². The van der Waals surface area contributed by atoms with Gasteiger partial charge in [0, 0.05) is 12.3 Å². The Morgan fingerprint density at radius 3 is 2.48 bits per heavy atom. The van der Waals surface area contributed by atoms with Gasteiger partial charge in [-0.05, 0) is 36.5 Å². The Kier molecular flexibility index (Phi) is 4.88. The number of benzene rings is 1. The highest BCUT2D eigenvalue weighted by atomic mass is 16.5. The maximum atomic E-state index is 5.72. The first kappa shape index (κ1) is 14.1. The van der Waals surface area contributed by atoms with E-state index in [1.165, 1.54) is 44.1 Å². The lowest BCUT2D eigenvalue weighted by atomic mass is 9.85. The quantitative estimate of drug-likeness (QED) is 0.733. The number of aromatic nitrogens is 1. The summed E-state index contributed by atoms with van der Waals surface area (Å²) in [5.41, 5.74) is 1.32. The van der Waals surface area contributed by atoms with Crippen LogP contribution in [0.25, 0.3) is 0 Å². The van der Waals surface area contributed by atoms with Crippen LogP contribution in [-0.4, -0.2) is 4.98 Å². The first-order chi connectivity index (χ1) is 10.4. The predicted octanol–water partition coefficient (Wildman–Crippen LogP) is 5.39. The molecule has 0 N–H and O–H groups in total. The average molecular weight is 281 g/mol. The van der Waals surface area contributed by atoms with Gasteiger partial charge in [0.2, 0.25) is 5.88 Å². The summed E-state index contributed by atoms with van der Waals surface area (Å²) in [5.74, 6) is 2.43. The molecule has 21 heavy (non-hydrogen) atoms. The Morgan fingerprint density at radius 2 is 1.76 bits per heavy atom. The summed E-state index contributed by atoms with van der Waals surface area (Å²) in [6.45, 7) is 0. The van der Waals surface area contributed by atoms with Gasteiger partial charge in [-0.2, -0.15) is 0 Å². The molecule has 1 aliphatic carbocycles. The molecule has 2 aromatic rings. The first-order valence-corrected chi connectivity index (χ1v) is 8.08. The summed E-state index contributed by atoms with van der Waals surface area (Å²) in [6, 6.07) is 13.9. The average Bonchev–Trinajstić information content (AvgIpc) is 2.56. The number of rotatable bonds is 5. The summed E-state index contributed by atoms with van der Waals surface area (Å²) in [7, 11) is 0. The second kappa shape index (κ2) is 7.26. The van der Waals surface area contributed by atoms with Gasteiger partial charge in [0.15, 0.2) is 0 Å². The minimum Gasteiger partial charge on any atom is -0.439 e. The molecule has 0 unspecified atom stereocenters. The SMILES string of the molecule is c1ccc(Oc2ccc(CCC3CCCCC3)cn2)cc1. The second-order valence-corrected chi connectivity index (χ2v) is 5.96. The highest BCUT2D eigenvalue weighted by Crippen LogP contribution is 2.27. The summed E-state index contributed by atoms with van der Waals surface area (Å²) < 4.78 is 5.72. The Labute approximate surface area is 127 Å². The van der Waals surface area contributed by atoms with Gasteiger partial charge in [0.05, 0.1) is 0 Å². The zero-order valence-corrected chi connectivity index (χ0v) is 12.5. The molecule has 0 radical (unpaired) electrons. The number of nitrogens with zero attached hydrogens (tertiary/aromatic N) is 1. The van der Waals surface area contributed by atoms with Crippen LogP contribution < -0.4 is 4.74 Å². The topological polar surface area (TPSA) is 22.1 Å². The Balaban J connectivity index is 1.51. The second-order valence-electron chi connectivity index (χ2n) is 5.96. The van der Waals surface area contributed by atoms with Gasteiger partial charge in [-0.3, -0.25) is 0 Å². The molecule has 2 heteroatoms. The number of ether oxygens (including phenoxy) is 1. The van der Waals surface area contributed by atoms with Gasteiger partial charge in [0.25, 0.3) is 0 Å².